The Hall–Kier alpha value is -3.92. The number of rotatable bonds is 15. The van der Waals surface area contributed by atoms with E-state index in [1.807, 2.05) is 48.5 Å². The topological polar surface area (TPSA) is 121 Å². The van der Waals surface area contributed by atoms with Crippen molar-refractivity contribution in [1.82, 2.24) is 5.32 Å². The van der Waals surface area contributed by atoms with E-state index in [1.54, 1.807) is 18.2 Å². The Morgan fingerprint density at radius 2 is 1.50 bits per heavy atom. The maximum absolute atomic E-state index is 12.6. The minimum absolute atomic E-state index is 0.000782. The molecule has 0 radical (unpaired) electrons. The molecule has 1 aliphatic rings. The van der Waals surface area contributed by atoms with Gasteiger partial charge in [-0.25, -0.2) is 0 Å². The van der Waals surface area contributed by atoms with Crippen LogP contribution in [0.5, 0.6) is 5.75 Å². The number of nitrogens with two attached hydrogens (primary N) is 1. The molecule has 4 N–H and O–H groups in total. The average Bonchev–Trinajstić information content (AvgIpc) is 3.31. The average molecular weight is 520 g/mol. The van der Waals surface area contributed by atoms with Crippen LogP contribution in [0.1, 0.15) is 15.9 Å². The molecule has 0 spiro atoms. The van der Waals surface area contributed by atoms with Crippen molar-refractivity contribution < 1.29 is 28.5 Å². The Labute approximate surface area is 222 Å². The molecular formula is C29H33N3O6. The highest BCUT2D eigenvalue weighted by Crippen LogP contribution is 2.29. The van der Waals surface area contributed by atoms with Crippen molar-refractivity contribution in [1.29, 1.82) is 0 Å². The van der Waals surface area contributed by atoms with E-state index in [4.69, 9.17) is 24.7 Å². The van der Waals surface area contributed by atoms with Crippen LogP contribution in [-0.4, -0.2) is 64.6 Å². The normalized spacial score (nSPS) is 12.2. The van der Waals surface area contributed by atoms with E-state index in [2.05, 4.69) is 10.6 Å². The summed E-state index contributed by atoms with van der Waals surface area (Å²) < 4.78 is 22.0. The van der Waals surface area contributed by atoms with Crippen molar-refractivity contribution in [3.05, 3.63) is 77.9 Å². The lowest BCUT2D eigenvalue weighted by atomic mass is 10.0. The van der Waals surface area contributed by atoms with Gasteiger partial charge in [0, 0.05) is 23.5 Å². The molecule has 0 aliphatic carbocycles. The number of nitrogens with one attached hydrogen (secondary N) is 2. The molecule has 0 aromatic heterocycles. The highest BCUT2D eigenvalue weighted by molar-refractivity contribution is 6.00. The number of hydrogen-bond acceptors (Lipinski definition) is 7. The molecule has 0 bridgehead atoms. The Balaban J connectivity index is 1.03. The minimum Gasteiger partial charge on any atom is -0.491 e. The Morgan fingerprint density at radius 3 is 2.26 bits per heavy atom. The Bertz CT molecular complexity index is 1220. The summed E-state index contributed by atoms with van der Waals surface area (Å²) in [6, 6.07) is 20.5. The molecule has 0 atom stereocenters. The zero-order valence-electron chi connectivity index (χ0n) is 21.2. The van der Waals surface area contributed by atoms with Gasteiger partial charge in [0.15, 0.2) is 0 Å². The largest absolute Gasteiger partial charge is 0.491 e. The van der Waals surface area contributed by atoms with Gasteiger partial charge in [-0.05, 0) is 59.2 Å². The number of hydrogen-bond donors (Lipinski definition) is 3. The van der Waals surface area contributed by atoms with Gasteiger partial charge >= 0.3 is 0 Å². The molecule has 9 nitrogen and oxygen atoms in total. The second kappa shape index (κ2) is 14.1. The van der Waals surface area contributed by atoms with Gasteiger partial charge in [0.05, 0.1) is 46.1 Å². The lowest BCUT2D eigenvalue weighted by Gasteiger charge is -2.10. The summed E-state index contributed by atoms with van der Waals surface area (Å²) in [5.74, 6) is 0.590. The summed E-state index contributed by atoms with van der Waals surface area (Å²) in [6.07, 6.45) is 0.406. The van der Waals surface area contributed by atoms with Gasteiger partial charge in [-0.15, -0.1) is 0 Å². The molecule has 0 unspecified atom stereocenters. The van der Waals surface area contributed by atoms with E-state index in [9.17, 15) is 9.59 Å². The van der Waals surface area contributed by atoms with Crippen LogP contribution < -0.4 is 21.1 Å². The zero-order valence-corrected chi connectivity index (χ0v) is 21.2. The number of carbonyl (C=O) groups excluding carboxylic acids is 2. The molecule has 1 aliphatic heterocycles. The summed E-state index contributed by atoms with van der Waals surface area (Å²) >= 11 is 0. The Morgan fingerprint density at radius 1 is 0.816 bits per heavy atom. The first-order valence-electron chi connectivity index (χ1n) is 12.6. The van der Waals surface area contributed by atoms with Gasteiger partial charge in [0.25, 0.3) is 5.91 Å². The van der Waals surface area contributed by atoms with Crippen LogP contribution in [0.4, 0.5) is 11.4 Å². The summed E-state index contributed by atoms with van der Waals surface area (Å²) in [6.45, 7) is 3.52. The molecule has 2 amide bonds. The number of fused-ring (bicyclic) bond motifs is 1. The van der Waals surface area contributed by atoms with E-state index in [0.29, 0.717) is 70.5 Å². The van der Waals surface area contributed by atoms with Crippen molar-refractivity contribution in [3.63, 3.8) is 0 Å². The molecule has 3 aromatic rings. The van der Waals surface area contributed by atoms with Crippen LogP contribution >= 0.6 is 0 Å². The summed E-state index contributed by atoms with van der Waals surface area (Å²) in [4.78, 5) is 24.2. The van der Waals surface area contributed by atoms with E-state index in [1.165, 1.54) is 0 Å². The first-order valence-corrected chi connectivity index (χ1v) is 12.6. The van der Waals surface area contributed by atoms with E-state index in [-0.39, 0.29) is 11.8 Å². The third kappa shape index (κ3) is 8.31. The number of carbonyl (C=O) groups is 2. The van der Waals surface area contributed by atoms with Gasteiger partial charge in [-0.3, -0.25) is 9.59 Å². The number of amides is 2. The fraction of sp³-hybridized carbons (Fsp3) is 0.310. The van der Waals surface area contributed by atoms with Gasteiger partial charge in [-0.1, -0.05) is 24.3 Å². The van der Waals surface area contributed by atoms with Crippen molar-refractivity contribution >= 4 is 23.2 Å². The first kappa shape index (κ1) is 27.1. The van der Waals surface area contributed by atoms with Gasteiger partial charge in [-0.2, -0.15) is 0 Å². The van der Waals surface area contributed by atoms with E-state index in [0.717, 1.165) is 28.1 Å². The van der Waals surface area contributed by atoms with Crippen LogP contribution in [0.2, 0.25) is 0 Å². The molecule has 38 heavy (non-hydrogen) atoms. The second-order valence-corrected chi connectivity index (χ2v) is 8.69. The highest BCUT2D eigenvalue weighted by Gasteiger charge is 2.18. The third-order valence-corrected chi connectivity index (χ3v) is 5.85. The first-order chi connectivity index (χ1) is 18.6. The molecule has 1 heterocycles. The van der Waals surface area contributed by atoms with Crippen LogP contribution in [0.15, 0.2) is 66.7 Å². The summed E-state index contributed by atoms with van der Waals surface area (Å²) in [5.41, 5.74) is 10.6. The molecular weight excluding hydrogens is 486 g/mol. The molecule has 9 heteroatoms. The lowest BCUT2D eigenvalue weighted by Crippen LogP contribution is -2.27. The van der Waals surface area contributed by atoms with Crippen molar-refractivity contribution in [2.24, 2.45) is 0 Å². The predicted octanol–water partition coefficient (Wildman–Crippen LogP) is 3.29. The van der Waals surface area contributed by atoms with Crippen molar-refractivity contribution in [3.8, 4) is 16.9 Å². The smallest absolute Gasteiger partial charge is 0.251 e. The maximum atomic E-state index is 12.6. The minimum atomic E-state index is -0.168. The SMILES string of the molecule is Nc1ccc(OCCOCCOCCOCCNC(=O)c2cccc(-c3ccc4c(c3)NC(=O)C4)c2)cc1. The van der Waals surface area contributed by atoms with Crippen LogP contribution in [0, 0.1) is 0 Å². The predicted molar refractivity (Wildman–Crippen MR) is 145 cm³/mol. The molecule has 200 valence electrons. The zero-order chi connectivity index (χ0) is 26.6. The quantitative estimate of drug-likeness (QED) is 0.208. The van der Waals surface area contributed by atoms with Crippen molar-refractivity contribution in [2.45, 2.75) is 6.42 Å². The molecule has 0 fully saturated rings. The molecule has 4 rings (SSSR count). The standard InChI is InChI=1S/C29H33N3O6/c30-25-6-8-26(9-7-25)38-17-16-37-15-14-36-13-12-35-11-10-31-29(34)24-3-1-2-21(18-24)22-4-5-23-20-28(33)32-27(23)19-22/h1-9,18-19H,10-17,20,30H2,(H,31,34)(H,32,33). The summed E-state index contributed by atoms with van der Waals surface area (Å²) in [7, 11) is 0. The van der Waals surface area contributed by atoms with E-state index < -0.39 is 0 Å². The molecule has 3 aromatic carbocycles. The second-order valence-electron chi connectivity index (χ2n) is 8.69. The van der Waals surface area contributed by atoms with Gasteiger partial charge in [0.2, 0.25) is 5.91 Å². The van der Waals surface area contributed by atoms with E-state index >= 15 is 0 Å². The van der Waals surface area contributed by atoms with Crippen LogP contribution in [-0.2, 0) is 25.4 Å². The lowest BCUT2D eigenvalue weighted by molar-refractivity contribution is -0.115. The fourth-order valence-corrected chi connectivity index (χ4v) is 3.90. The number of anilines is 2. The number of nitrogen functional groups attached to an aromatic ring is 1. The highest BCUT2D eigenvalue weighted by atomic mass is 16.6. The van der Waals surface area contributed by atoms with Crippen LogP contribution in [0.25, 0.3) is 11.1 Å². The fourth-order valence-electron chi connectivity index (χ4n) is 3.90. The molecule has 0 saturated carbocycles. The maximum Gasteiger partial charge on any atom is 0.251 e. The molecule has 0 saturated heterocycles. The van der Waals surface area contributed by atoms with Crippen LogP contribution in [0.3, 0.4) is 0 Å². The van der Waals surface area contributed by atoms with Gasteiger partial charge in [0.1, 0.15) is 12.4 Å². The van der Waals surface area contributed by atoms with Crippen molar-refractivity contribution in [2.75, 3.05) is 63.8 Å². The van der Waals surface area contributed by atoms with Gasteiger partial charge < -0.3 is 35.3 Å². The number of ether oxygens (including phenoxy) is 4. The monoisotopic (exact) mass is 519 g/mol. The third-order valence-electron chi connectivity index (χ3n) is 5.85. The Kier molecular flexibility index (Phi) is 10.1. The number of benzene rings is 3. The summed E-state index contributed by atoms with van der Waals surface area (Å²) in [5, 5.41) is 5.73.